The van der Waals surface area contributed by atoms with Gasteiger partial charge in [-0.2, -0.15) is 5.10 Å². The van der Waals surface area contributed by atoms with E-state index in [2.05, 4.69) is 15.7 Å². The van der Waals surface area contributed by atoms with Crippen molar-refractivity contribution in [2.45, 2.75) is 20.0 Å². The van der Waals surface area contributed by atoms with Crippen LogP contribution >= 0.6 is 22.9 Å². The first kappa shape index (κ1) is 18.2. The van der Waals surface area contributed by atoms with Crippen molar-refractivity contribution < 1.29 is 9.59 Å². The van der Waals surface area contributed by atoms with Gasteiger partial charge in [0.25, 0.3) is 0 Å². The minimum Gasteiger partial charge on any atom is -0.344 e. The van der Waals surface area contributed by atoms with E-state index in [1.54, 1.807) is 4.68 Å². The van der Waals surface area contributed by atoms with Crippen LogP contribution in [-0.4, -0.2) is 21.6 Å². The molecule has 0 saturated heterocycles. The largest absolute Gasteiger partial charge is 0.344 e. The van der Waals surface area contributed by atoms with Gasteiger partial charge in [0.2, 0.25) is 0 Å². The summed E-state index contributed by atoms with van der Waals surface area (Å²) < 4.78 is 1.61. The summed E-state index contributed by atoms with van der Waals surface area (Å²) in [4.78, 5) is 24.8. The fourth-order valence-corrected chi connectivity index (χ4v) is 3.37. The summed E-state index contributed by atoms with van der Waals surface area (Å²) in [6.45, 7) is 2.27. The van der Waals surface area contributed by atoms with E-state index in [1.807, 2.05) is 54.8 Å². The van der Waals surface area contributed by atoms with Crippen LogP contribution in [0, 0.1) is 6.92 Å². The summed E-state index contributed by atoms with van der Waals surface area (Å²) in [6, 6.07) is 13.2. The summed E-state index contributed by atoms with van der Waals surface area (Å²) in [6.07, 6.45) is 0. The Morgan fingerprint density at radius 1 is 1.08 bits per heavy atom. The van der Waals surface area contributed by atoms with Crippen molar-refractivity contribution in [2.75, 3.05) is 0 Å². The van der Waals surface area contributed by atoms with E-state index in [0.717, 1.165) is 10.6 Å². The van der Waals surface area contributed by atoms with Gasteiger partial charge in [-0.1, -0.05) is 35.9 Å². The Hall–Kier alpha value is -2.64. The van der Waals surface area contributed by atoms with E-state index in [9.17, 15) is 9.59 Å². The molecule has 0 bridgehead atoms. The molecule has 0 radical (unpaired) electrons. The van der Waals surface area contributed by atoms with Crippen LogP contribution in [-0.2, 0) is 22.7 Å². The normalized spacial score (nSPS) is 10.5. The van der Waals surface area contributed by atoms with Crippen molar-refractivity contribution in [3.63, 3.8) is 0 Å². The second-order valence-corrected chi connectivity index (χ2v) is 6.94. The van der Waals surface area contributed by atoms with Gasteiger partial charge in [0.15, 0.2) is 0 Å². The van der Waals surface area contributed by atoms with Gasteiger partial charge in [-0.25, -0.2) is 4.68 Å². The van der Waals surface area contributed by atoms with E-state index in [4.69, 9.17) is 11.6 Å². The molecule has 8 heteroatoms. The number of carbonyl (C=O) groups excluding carboxylic acids is 2. The minimum absolute atomic E-state index is 0.128. The number of amides is 2. The monoisotopic (exact) mass is 388 g/mol. The highest BCUT2D eigenvalue weighted by Crippen LogP contribution is 2.23. The highest BCUT2D eigenvalue weighted by molar-refractivity contribution is 7.09. The Balaban J connectivity index is 1.61. The van der Waals surface area contributed by atoms with Crippen molar-refractivity contribution in [2.24, 2.45) is 0 Å². The minimum atomic E-state index is -0.704. The Morgan fingerprint density at radius 2 is 1.77 bits per heavy atom. The number of aromatic nitrogens is 2. The third-order valence-corrected chi connectivity index (χ3v) is 5.02. The van der Waals surface area contributed by atoms with Crippen molar-refractivity contribution in [1.82, 2.24) is 20.4 Å². The highest BCUT2D eigenvalue weighted by Gasteiger charge is 2.18. The molecule has 26 heavy (non-hydrogen) atoms. The SMILES string of the molecule is Cc1nn(-c2ccccc2)c(Cl)c1CNC(=O)C(=O)NCc1cccs1. The van der Waals surface area contributed by atoms with E-state index in [0.29, 0.717) is 23.0 Å². The average molecular weight is 389 g/mol. The molecule has 0 aliphatic heterocycles. The van der Waals surface area contributed by atoms with Crippen LogP contribution in [0.25, 0.3) is 5.69 Å². The zero-order valence-corrected chi connectivity index (χ0v) is 15.6. The molecule has 3 rings (SSSR count). The Bertz CT molecular complexity index is 907. The summed E-state index contributed by atoms with van der Waals surface area (Å²) >= 11 is 7.92. The average Bonchev–Trinajstić information content (AvgIpc) is 3.27. The van der Waals surface area contributed by atoms with Gasteiger partial charge >= 0.3 is 11.8 Å². The highest BCUT2D eigenvalue weighted by atomic mass is 35.5. The zero-order chi connectivity index (χ0) is 18.5. The smallest absolute Gasteiger partial charge is 0.309 e. The van der Waals surface area contributed by atoms with E-state index >= 15 is 0 Å². The molecule has 1 aromatic carbocycles. The molecular weight excluding hydrogens is 372 g/mol. The molecule has 2 amide bonds. The van der Waals surface area contributed by atoms with Crippen molar-refractivity contribution in [3.8, 4) is 5.69 Å². The number of rotatable bonds is 5. The van der Waals surface area contributed by atoms with Gasteiger partial charge in [0, 0.05) is 17.0 Å². The molecule has 2 N–H and O–H groups in total. The number of nitrogens with one attached hydrogen (secondary N) is 2. The number of carbonyl (C=O) groups is 2. The van der Waals surface area contributed by atoms with Crippen LogP contribution in [0.4, 0.5) is 0 Å². The van der Waals surface area contributed by atoms with Crippen molar-refractivity contribution >= 4 is 34.8 Å². The number of benzene rings is 1. The molecular formula is C18H17ClN4O2S. The van der Waals surface area contributed by atoms with Crippen LogP contribution in [0.15, 0.2) is 47.8 Å². The number of hydrogen-bond acceptors (Lipinski definition) is 4. The van der Waals surface area contributed by atoms with Crippen LogP contribution in [0.3, 0.4) is 0 Å². The first-order valence-electron chi connectivity index (χ1n) is 7.94. The van der Waals surface area contributed by atoms with E-state index < -0.39 is 11.8 Å². The van der Waals surface area contributed by atoms with Crippen LogP contribution in [0.2, 0.25) is 5.15 Å². The quantitative estimate of drug-likeness (QED) is 0.660. The maximum absolute atomic E-state index is 12.0. The molecule has 0 fully saturated rings. The molecule has 134 valence electrons. The second kappa shape index (κ2) is 8.16. The molecule has 0 aliphatic carbocycles. The summed E-state index contributed by atoms with van der Waals surface area (Å²) in [7, 11) is 0. The van der Waals surface area contributed by atoms with E-state index in [-0.39, 0.29) is 6.54 Å². The standard InChI is InChI=1S/C18H17ClN4O2S/c1-12-15(16(19)23(22-12)13-6-3-2-4-7-13)11-21-18(25)17(24)20-10-14-8-5-9-26-14/h2-9H,10-11H2,1H3,(H,20,24)(H,21,25). The Kier molecular flexibility index (Phi) is 5.70. The van der Waals surface area contributed by atoms with Gasteiger partial charge in [-0.15, -0.1) is 11.3 Å². The Labute approximate surface area is 159 Å². The lowest BCUT2D eigenvalue weighted by Crippen LogP contribution is -2.39. The maximum atomic E-state index is 12.0. The summed E-state index contributed by atoms with van der Waals surface area (Å²) in [5, 5.41) is 11.9. The lowest BCUT2D eigenvalue weighted by atomic mass is 10.2. The number of thiophene rings is 1. The third kappa shape index (κ3) is 4.12. The summed E-state index contributed by atoms with van der Waals surface area (Å²) in [5.74, 6) is -1.38. The second-order valence-electron chi connectivity index (χ2n) is 5.55. The number of hydrogen-bond donors (Lipinski definition) is 2. The first-order chi connectivity index (χ1) is 12.6. The Morgan fingerprint density at radius 3 is 2.42 bits per heavy atom. The molecule has 2 aromatic heterocycles. The molecule has 0 aliphatic rings. The lowest BCUT2D eigenvalue weighted by Gasteiger charge is -2.06. The molecule has 6 nitrogen and oxygen atoms in total. The van der Waals surface area contributed by atoms with Gasteiger partial charge in [0.05, 0.1) is 17.9 Å². The predicted octanol–water partition coefficient (Wildman–Crippen LogP) is 2.83. The van der Waals surface area contributed by atoms with Gasteiger partial charge < -0.3 is 10.6 Å². The summed E-state index contributed by atoms with van der Waals surface area (Å²) in [5.41, 5.74) is 2.19. The number of nitrogens with zero attached hydrogens (tertiary/aromatic N) is 2. The fraction of sp³-hybridized carbons (Fsp3) is 0.167. The number of halogens is 1. The predicted molar refractivity (Wildman–Crippen MR) is 101 cm³/mol. The maximum Gasteiger partial charge on any atom is 0.309 e. The van der Waals surface area contributed by atoms with Crippen LogP contribution in [0.5, 0.6) is 0 Å². The zero-order valence-electron chi connectivity index (χ0n) is 14.0. The first-order valence-corrected chi connectivity index (χ1v) is 9.20. The van der Waals surface area contributed by atoms with Crippen LogP contribution in [0.1, 0.15) is 16.1 Å². The van der Waals surface area contributed by atoms with Gasteiger partial charge in [-0.3, -0.25) is 9.59 Å². The number of aryl methyl sites for hydroxylation is 1. The molecule has 0 atom stereocenters. The van der Waals surface area contributed by atoms with Crippen molar-refractivity contribution in [3.05, 3.63) is 69.1 Å². The molecule has 0 saturated carbocycles. The molecule has 0 spiro atoms. The lowest BCUT2D eigenvalue weighted by molar-refractivity contribution is -0.139. The van der Waals surface area contributed by atoms with Crippen molar-refractivity contribution in [1.29, 1.82) is 0 Å². The fourth-order valence-electron chi connectivity index (χ4n) is 2.38. The van der Waals surface area contributed by atoms with Gasteiger partial charge in [-0.05, 0) is 30.5 Å². The molecule has 2 heterocycles. The topological polar surface area (TPSA) is 76.0 Å². The van der Waals surface area contributed by atoms with Gasteiger partial charge in [0.1, 0.15) is 5.15 Å². The number of para-hydroxylation sites is 1. The van der Waals surface area contributed by atoms with E-state index in [1.165, 1.54) is 11.3 Å². The van der Waals surface area contributed by atoms with Crippen LogP contribution < -0.4 is 10.6 Å². The molecule has 0 unspecified atom stereocenters. The molecule has 3 aromatic rings. The third-order valence-electron chi connectivity index (χ3n) is 3.76.